The fraction of sp³-hybridized carbons (Fsp3) is 0.450. The van der Waals surface area contributed by atoms with Crippen molar-refractivity contribution in [2.45, 2.75) is 31.8 Å². The minimum Gasteiger partial charge on any atom is -0.497 e. The molecule has 1 unspecified atom stereocenters. The lowest BCUT2D eigenvalue weighted by Crippen LogP contribution is -2.42. The standard InChI is InChI=1S/C20H24N2O2S/c1-24-17-6-4-15(5-7-17)18-3-2-10-21(18)14-20(23)22-11-8-19-16(13-22)9-12-25-19/h4-7,9,12,18H,2-3,8,10-11,13-14H2,1H3. The van der Waals surface area contributed by atoms with Gasteiger partial charge in [0.05, 0.1) is 13.7 Å². The summed E-state index contributed by atoms with van der Waals surface area (Å²) in [6, 6.07) is 10.8. The second-order valence-corrected chi connectivity index (χ2v) is 7.84. The summed E-state index contributed by atoms with van der Waals surface area (Å²) in [4.78, 5) is 18.6. The number of likely N-dealkylation sites (tertiary alicyclic amines) is 1. The molecule has 5 heteroatoms. The van der Waals surface area contributed by atoms with Crippen molar-refractivity contribution in [3.8, 4) is 5.75 Å². The van der Waals surface area contributed by atoms with Gasteiger partial charge in [0.1, 0.15) is 5.75 Å². The Balaban J connectivity index is 1.41. The maximum Gasteiger partial charge on any atom is 0.237 e. The maximum atomic E-state index is 12.8. The molecular weight excluding hydrogens is 332 g/mol. The molecule has 0 aliphatic carbocycles. The van der Waals surface area contributed by atoms with E-state index in [1.165, 1.54) is 16.0 Å². The van der Waals surface area contributed by atoms with E-state index in [0.717, 1.165) is 44.6 Å². The molecule has 132 valence electrons. The van der Waals surface area contributed by atoms with Crippen molar-refractivity contribution >= 4 is 17.2 Å². The molecule has 3 heterocycles. The summed E-state index contributed by atoms with van der Waals surface area (Å²) in [6.07, 6.45) is 3.27. The molecule has 0 bridgehead atoms. The van der Waals surface area contributed by atoms with Gasteiger partial charge in [0, 0.05) is 24.0 Å². The van der Waals surface area contributed by atoms with E-state index in [0.29, 0.717) is 12.6 Å². The molecule has 0 saturated carbocycles. The quantitative estimate of drug-likeness (QED) is 0.841. The molecule has 2 aromatic rings. The van der Waals surface area contributed by atoms with Crippen LogP contribution in [0, 0.1) is 0 Å². The fourth-order valence-corrected chi connectivity index (χ4v) is 4.84. The van der Waals surface area contributed by atoms with Crippen molar-refractivity contribution < 1.29 is 9.53 Å². The number of hydrogen-bond acceptors (Lipinski definition) is 4. The van der Waals surface area contributed by atoms with Crippen LogP contribution >= 0.6 is 11.3 Å². The number of ether oxygens (including phenoxy) is 1. The largest absolute Gasteiger partial charge is 0.497 e. The van der Waals surface area contributed by atoms with Gasteiger partial charge in [-0.25, -0.2) is 0 Å². The number of carbonyl (C=O) groups excluding carboxylic acids is 1. The van der Waals surface area contributed by atoms with Crippen molar-refractivity contribution in [2.24, 2.45) is 0 Å². The number of amides is 1. The van der Waals surface area contributed by atoms with Crippen LogP contribution in [0.2, 0.25) is 0 Å². The van der Waals surface area contributed by atoms with E-state index in [4.69, 9.17) is 4.74 Å². The van der Waals surface area contributed by atoms with Crippen LogP contribution in [-0.2, 0) is 17.8 Å². The van der Waals surface area contributed by atoms with E-state index >= 15 is 0 Å². The minimum atomic E-state index is 0.261. The molecule has 1 atom stereocenters. The van der Waals surface area contributed by atoms with Crippen molar-refractivity contribution in [2.75, 3.05) is 26.7 Å². The van der Waals surface area contributed by atoms with E-state index in [1.807, 2.05) is 28.4 Å². The first-order valence-corrected chi connectivity index (χ1v) is 9.83. The lowest BCUT2D eigenvalue weighted by Gasteiger charge is -2.31. The Bertz CT molecular complexity index is 740. The van der Waals surface area contributed by atoms with Crippen molar-refractivity contribution in [3.05, 3.63) is 51.7 Å². The molecule has 0 spiro atoms. The smallest absolute Gasteiger partial charge is 0.237 e. The molecule has 2 aliphatic heterocycles. The van der Waals surface area contributed by atoms with Crippen LogP contribution in [0.5, 0.6) is 5.75 Å². The highest BCUT2D eigenvalue weighted by atomic mass is 32.1. The van der Waals surface area contributed by atoms with Crippen LogP contribution in [0.25, 0.3) is 0 Å². The molecule has 0 N–H and O–H groups in total. The minimum absolute atomic E-state index is 0.261. The molecule has 0 radical (unpaired) electrons. The van der Waals surface area contributed by atoms with Gasteiger partial charge in [-0.2, -0.15) is 0 Å². The molecule has 4 nitrogen and oxygen atoms in total. The molecule has 2 aliphatic rings. The van der Waals surface area contributed by atoms with Crippen LogP contribution in [-0.4, -0.2) is 42.5 Å². The third kappa shape index (κ3) is 3.44. The van der Waals surface area contributed by atoms with Gasteiger partial charge in [-0.05, 0) is 60.5 Å². The van der Waals surface area contributed by atoms with Crippen LogP contribution in [0.1, 0.15) is 34.9 Å². The molecular formula is C20H24N2O2S. The summed E-state index contributed by atoms with van der Waals surface area (Å²) in [7, 11) is 1.69. The van der Waals surface area contributed by atoms with Crippen molar-refractivity contribution in [1.29, 1.82) is 0 Å². The van der Waals surface area contributed by atoms with Gasteiger partial charge in [0.2, 0.25) is 5.91 Å². The third-order valence-electron chi connectivity index (χ3n) is 5.36. The van der Waals surface area contributed by atoms with Gasteiger partial charge in [-0.3, -0.25) is 9.69 Å². The van der Waals surface area contributed by atoms with Gasteiger partial charge in [-0.15, -0.1) is 11.3 Å². The van der Waals surface area contributed by atoms with Crippen molar-refractivity contribution in [3.63, 3.8) is 0 Å². The SMILES string of the molecule is COc1ccc(C2CCCN2CC(=O)N2CCc3sccc3C2)cc1. The average molecular weight is 356 g/mol. The predicted octanol–water partition coefficient (Wildman–Crippen LogP) is 3.48. The Morgan fingerprint density at radius 1 is 1.24 bits per heavy atom. The first-order chi connectivity index (χ1) is 12.2. The van der Waals surface area contributed by atoms with Gasteiger partial charge < -0.3 is 9.64 Å². The number of rotatable bonds is 4. The average Bonchev–Trinajstić information content (AvgIpc) is 3.30. The van der Waals surface area contributed by atoms with Crippen LogP contribution in [0.4, 0.5) is 0 Å². The normalized spacial score (nSPS) is 20.5. The Kier molecular flexibility index (Phi) is 4.77. The zero-order valence-electron chi connectivity index (χ0n) is 14.6. The first-order valence-electron chi connectivity index (χ1n) is 8.95. The monoisotopic (exact) mass is 356 g/mol. The summed E-state index contributed by atoms with van der Waals surface area (Å²) in [5.74, 6) is 1.14. The molecule has 1 amide bonds. The fourth-order valence-electron chi connectivity index (χ4n) is 3.95. The van der Waals surface area contributed by atoms with E-state index < -0.39 is 0 Å². The summed E-state index contributed by atoms with van der Waals surface area (Å²) in [6.45, 7) is 3.16. The highest BCUT2D eigenvalue weighted by molar-refractivity contribution is 7.10. The number of carbonyl (C=O) groups is 1. The zero-order chi connectivity index (χ0) is 17.2. The second kappa shape index (κ2) is 7.18. The molecule has 1 fully saturated rings. The van der Waals surface area contributed by atoms with Crippen LogP contribution in [0.15, 0.2) is 35.7 Å². The lowest BCUT2D eigenvalue weighted by molar-refractivity contribution is -0.133. The molecule has 25 heavy (non-hydrogen) atoms. The summed E-state index contributed by atoms with van der Waals surface area (Å²) < 4.78 is 5.25. The van der Waals surface area contributed by atoms with E-state index in [2.05, 4.69) is 28.5 Å². The number of thiophene rings is 1. The van der Waals surface area contributed by atoms with E-state index in [-0.39, 0.29) is 5.91 Å². The summed E-state index contributed by atoms with van der Waals surface area (Å²) in [5, 5.41) is 2.14. The summed E-state index contributed by atoms with van der Waals surface area (Å²) in [5.41, 5.74) is 2.61. The number of fused-ring (bicyclic) bond motifs is 1. The van der Waals surface area contributed by atoms with Crippen LogP contribution < -0.4 is 4.74 Å². The van der Waals surface area contributed by atoms with Crippen LogP contribution in [0.3, 0.4) is 0 Å². The Labute approximate surface area is 153 Å². The molecule has 1 saturated heterocycles. The molecule has 1 aromatic carbocycles. The van der Waals surface area contributed by atoms with Gasteiger partial charge >= 0.3 is 0 Å². The first kappa shape index (κ1) is 16.6. The van der Waals surface area contributed by atoms with E-state index in [9.17, 15) is 4.79 Å². The number of benzene rings is 1. The molecule has 4 rings (SSSR count). The van der Waals surface area contributed by atoms with Gasteiger partial charge in [-0.1, -0.05) is 12.1 Å². The number of nitrogens with zero attached hydrogens (tertiary/aromatic N) is 2. The maximum absolute atomic E-state index is 12.8. The van der Waals surface area contributed by atoms with Gasteiger partial charge in [0.25, 0.3) is 0 Å². The topological polar surface area (TPSA) is 32.8 Å². The zero-order valence-corrected chi connectivity index (χ0v) is 15.4. The summed E-state index contributed by atoms with van der Waals surface area (Å²) >= 11 is 1.81. The molecule has 1 aromatic heterocycles. The Hall–Kier alpha value is -1.85. The Morgan fingerprint density at radius 3 is 2.88 bits per heavy atom. The number of hydrogen-bond donors (Lipinski definition) is 0. The predicted molar refractivity (Wildman–Crippen MR) is 100.0 cm³/mol. The van der Waals surface area contributed by atoms with E-state index in [1.54, 1.807) is 7.11 Å². The second-order valence-electron chi connectivity index (χ2n) is 6.84. The number of methoxy groups -OCH3 is 1. The van der Waals surface area contributed by atoms with Gasteiger partial charge in [0.15, 0.2) is 0 Å². The lowest BCUT2D eigenvalue weighted by atomic mass is 10.0. The van der Waals surface area contributed by atoms with Crippen molar-refractivity contribution in [1.82, 2.24) is 9.80 Å². The third-order valence-corrected chi connectivity index (χ3v) is 6.39. The Morgan fingerprint density at radius 2 is 2.08 bits per heavy atom. The highest BCUT2D eigenvalue weighted by Crippen LogP contribution is 2.33. The highest BCUT2D eigenvalue weighted by Gasteiger charge is 2.30.